The molecule has 0 spiro atoms. The molecule has 0 bridgehead atoms. The molecule has 0 saturated carbocycles. The molecule has 1 aromatic rings. The highest BCUT2D eigenvalue weighted by Crippen LogP contribution is 2.22. The smallest absolute Gasteiger partial charge is 0.0993 e. The highest BCUT2D eigenvalue weighted by atomic mass is 16.5. The van der Waals surface area contributed by atoms with Crippen LogP contribution in [0.5, 0.6) is 0 Å². The van der Waals surface area contributed by atoms with E-state index >= 15 is 0 Å². The molecule has 1 heterocycles. The SMILES string of the molecule is CCNC(CCC(C)(C)OC)c1cn[nH]n1. The van der Waals surface area contributed by atoms with E-state index in [0.717, 1.165) is 25.1 Å². The fourth-order valence-corrected chi connectivity index (χ4v) is 1.57. The van der Waals surface area contributed by atoms with Crippen LogP contribution >= 0.6 is 0 Å². The van der Waals surface area contributed by atoms with Gasteiger partial charge < -0.3 is 10.1 Å². The molecule has 5 nitrogen and oxygen atoms in total. The van der Waals surface area contributed by atoms with Crippen LogP contribution in [0.15, 0.2) is 6.20 Å². The van der Waals surface area contributed by atoms with Gasteiger partial charge in [-0.3, -0.25) is 0 Å². The van der Waals surface area contributed by atoms with Gasteiger partial charge in [0.25, 0.3) is 0 Å². The summed E-state index contributed by atoms with van der Waals surface area (Å²) in [5, 5.41) is 14.0. The van der Waals surface area contributed by atoms with Crippen LogP contribution in [-0.4, -0.2) is 34.7 Å². The molecule has 0 saturated heterocycles. The van der Waals surface area contributed by atoms with Crippen LogP contribution in [0.1, 0.15) is 45.3 Å². The van der Waals surface area contributed by atoms with Crippen LogP contribution in [0.4, 0.5) is 0 Å². The van der Waals surface area contributed by atoms with Crippen molar-refractivity contribution in [3.8, 4) is 0 Å². The monoisotopic (exact) mass is 226 g/mol. The number of aromatic amines is 1. The maximum Gasteiger partial charge on any atom is 0.0993 e. The van der Waals surface area contributed by atoms with Crippen molar-refractivity contribution < 1.29 is 4.74 Å². The Balaban J connectivity index is 2.53. The van der Waals surface area contributed by atoms with Gasteiger partial charge >= 0.3 is 0 Å². The summed E-state index contributed by atoms with van der Waals surface area (Å²) in [4.78, 5) is 0. The molecular formula is C11H22N4O. The van der Waals surface area contributed by atoms with Gasteiger partial charge in [0.2, 0.25) is 0 Å². The topological polar surface area (TPSA) is 62.8 Å². The lowest BCUT2D eigenvalue weighted by atomic mass is 9.97. The Morgan fingerprint density at radius 2 is 2.31 bits per heavy atom. The lowest BCUT2D eigenvalue weighted by Gasteiger charge is -2.25. The number of rotatable bonds is 7. The van der Waals surface area contributed by atoms with E-state index in [4.69, 9.17) is 4.74 Å². The summed E-state index contributed by atoms with van der Waals surface area (Å²) in [5.41, 5.74) is 0.881. The number of nitrogens with zero attached hydrogens (tertiary/aromatic N) is 2. The highest BCUT2D eigenvalue weighted by Gasteiger charge is 2.20. The van der Waals surface area contributed by atoms with E-state index in [1.54, 1.807) is 13.3 Å². The maximum atomic E-state index is 5.41. The molecule has 0 fully saturated rings. The molecule has 0 aromatic carbocycles. The Kier molecular flexibility index (Phi) is 4.89. The Morgan fingerprint density at radius 3 is 2.81 bits per heavy atom. The first-order valence-electron chi connectivity index (χ1n) is 5.73. The average Bonchev–Trinajstić information content (AvgIpc) is 2.77. The van der Waals surface area contributed by atoms with Crippen molar-refractivity contribution in [1.29, 1.82) is 0 Å². The summed E-state index contributed by atoms with van der Waals surface area (Å²) in [6, 6.07) is 0.248. The van der Waals surface area contributed by atoms with Crippen LogP contribution in [-0.2, 0) is 4.74 Å². The van der Waals surface area contributed by atoms with E-state index in [0.29, 0.717) is 0 Å². The number of ether oxygens (including phenoxy) is 1. The zero-order chi connectivity index (χ0) is 12.0. The van der Waals surface area contributed by atoms with Crippen LogP contribution in [0, 0.1) is 0 Å². The van der Waals surface area contributed by atoms with E-state index in [2.05, 4.69) is 41.5 Å². The van der Waals surface area contributed by atoms with Gasteiger partial charge in [0, 0.05) is 7.11 Å². The predicted molar refractivity (Wildman–Crippen MR) is 63.1 cm³/mol. The highest BCUT2D eigenvalue weighted by molar-refractivity contribution is 4.99. The van der Waals surface area contributed by atoms with Crippen LogP contribution in [0.25, 0.3) is 0 Å². The minimum absolute atomic E-state index is 0.0859. The van der Waals surface area contributed by atoms with Gasteiger partial charge in [0.1, 0.15) is 0 Å². The average molecular weight is 226 g/mol. The molecule has 1 unspecified atom stereocenters. The van der Waals surface area contributed by atoms with Gasteiger partial charge in [-0.25, -0.2) is 0 Å². The molecule has 0 aliphatic heterocycles. The number of hydrogen-bond acceptors (Lipinski definition) is 4. The number of H-pyrrole nitrogens is 1. The number of nitrogens with one attached hydrogen (secondary N) is 2. The first kappa shape index (κ1) is 13.1. The Morgan fingerprint density at radius 1 is 1.56 bits per heavy atom. The number of hydrogen-bond donors (Lipinski definition) is 2. The lowest BCUT2D eigenvalue weighted by molar-refractivity contribution is 0.0116. The van der Waals surface area contributed by atoms with E-state index in [1.807, 2.05) is 0 Å². The lowest BCUT2D eigenvalue weighted by Crippen LogP contribution is -2.27. The van der Waals surface area contributed by atoms with E-state index in [9.17, 15) is 0 Å². The normalized spacial score (nSPS) is 14.0. The molecule has 0 aliphatic carbocycles. The summed E-state index contributed by atoms with van der Waals surface area (Å²) in [6.07, 6.45) is 3.74. The Bertz CT molecular complexity index is 284. The van der Waals surface area contributed by atoms with Gasteiger partial charge in [-0.05, 0) is 33.2 Å². The predicted octanol–water partition coefficient (Wildman–Crippen LogP) is 1.66. The number of aromatic nitrogens is 3. The largest absolute Gasteiger partial charge is 0.379 e. The summed E-state index contributed by atoms with van der Waals surface area (Å²) >= 11 is 0. The van der Waals surface area contributed by atoms with Crippen molar-refractivity contribution in [2.45, 2.75) is 45.3 Å². The molecule has 5 heteroatoms. The van der Waals surface area contributed by atoms with Crippen LogP contribution < -0.4 is 5.32 Å². The van der Waals surface area contributed by atoms with Gasteiger partial charge in [-0.1, -0.05) is 6.92 Å². The molecular weight excluding hydrogens is 204 g/mol. The van der Waals surface area contributed by atoms with Crippen LogP contribution in [0.2, 0.25) is 0 Å². The van der Waals surface area contributed by atoms with Gasteiger partial charge in [-0.15, -0.1) is 0 Å². The van der Waals surface area contributed by atoms with Crippen molar-refractivity contribution in [3.05, 3.63) is 11.9 Å². The molecule has 1 atom stereocenters. The zero-order valence-corrected chi connectivity index (χ0v) is 10.6. The standard InChI is InChI=1S/C11H22N4O/c1-5-12-9(10-8-13-15-14-10)6-7-11(2,3)16-4/h8-9,12H,5-7H2,1-4H3,(H,13,14,15). The molecule has 1 rings (SSSR count). The van der Waals surface area contributed by atoms with Crippen LogP contribution in [0.3, 0.4) is 0 Å². The second kappa shape index (κ2) is 5.96. The third-order valence-corrected chi connectivity index (χ3v) is 2.83. The molecule has 0 amide bonds. The molecule has 0 aliphatic rings. The minimum atomic E-state index is -0.0859. The first-order chi connectivity index (χ1) is 7.59. The van der Waals surface area contributed by atoms with Gasteiger partial charge in [0.05, 0.1) is 23.5 Å². The third kappa shape index (κ3) is 3.90. The second-order valence-corrected chi connectivity index (χ2v) is 4.51. The maximum absolute atomic E-state index is 5.41. The molecule has 2 N–H and O–H groups in total. The Labute approximate surface area is 97.0 Å². The summed E-state index contributed by atoms with van der Waals surface area (Å²) in [7, 11) is 1.75. The fraction of sp³-hybridized carbons (Fsp3) is 0.818. The summed E-state index contributed by atoms with van der Waals surface area (Å²) in [6.45, 7) is 7.21. The Hall–Kier alpha value is -0.940. The number of methoxy groups -OCH3 is 1. The van der Waals surface area contributed by atoms with E-state index in [-0.39, 0.29) is 11.6 Å². The molecule has 92 valence electrons. The van der Waals surface area contributed by atoms with Crippen molar-refractivity contribution >= 4 is 0 Å². The summed E-state index contributed by atoms with van der Waals surface area (Å²) < 4.78 is 5.41. The van der Waals surface area contributed by atoms with Gasteiger partial charge in [-0.2, -0.15) is 15.4 Å². The molecule has 16 heavy (non-hydrogen) atoms. The quantitative estimate of drug-likeness (QED) is 0.742. The van der Waals surface area contributed by atoms with Crippen molar-refractivity contribution in [2.75, 3.05) is 13.7 Å². The van der Waals surface area contributed by atoms with Crippen molar-refractivity contribution in [1.82, 2.24) is 20.7 Å². The van der Waals surface area contributed by atoms with Crippen molar-refractivity contribution in [3.63, 3.8) is 0 Å². The summed E-state index contributed by atoms with van der Waals surface area (Å²) in [5.74, 6) is 0. The fourth-order valence-electron chi connectivity index (χ4n) is 1.57. The molecule has 1 aromatic heterocycles. The first-order valence-corrected chi connectivity index (χ1v) is 5.73. The van der Waals surface area contributed by atoms with E-state index < -0.39 is 0 Å². The zero-order valence-electron chi connectivity index (χ0n) is 10.6. The second-order valence-electron chi connectivity index (χ2n) is 4.51. The van der Waals surface area contributed by atoms with E-state index in [1.165, 1.54) is 0 Å². The molecule has 0 radical (unpaired) electrons. The van der Waals surface area contributed by atoms with Gasteiger partial charge in [0.15, 0.2) is 0 Å². The third-order valence-electron chi connectivity index (χ3n) is 2.83. The minimum Gasteiger partial charge on any atom is -0.379 e. The van der Waals surface area contributed by atoms with Crippen molar-refractivity contribution in [2.24, 2.45) is 0 Å².